The molecule has 0 aliphatic heterocycles. The molecule has 1 unspecified atom stereocenters. The lowest BCUT2D eigenvalue weighted by molar-refractivity contribution is 0.466. The molecule has 3 N–H and O–H groups in total. The van der Waals surface area contributed by atoms with Crippen molar-refractivity contribution >= 4 is 0 Å². The van der Waals surface area contributed by atoms with E-state index in [4.69, 9.17) is 5.73 Å². The third-order valence-electron chi connectivity index (χ3n) is 3.08. The molecule has 0 amide bonds. The van der Waals surface area contributed by atoms with Gasteiger partial charge in [-0.25, -0.2) is 0 Å². The van der Waals surface area contributed by atoms with Crippen molar-refractivity contribution in [2.24, 2.45) is 11.7 Å². The molecule has 0 rings (SSSR count). The normalized spacial score (nSPS) is 12.9. The van der Waals surface area contributed by atoms with Crippen molar-refractivity contribution in [3.63, 3.8) is 0 Å². The quantitative estimate of drug-likeness (QED) is 0.503. The van der Waals surface area contributed by atoms with E-state index in [9.17, 15) is 0 Å². The van der Waals surface area contributed by atoms with Gasteiger partial charge in [-0.1, -0.05) is 46.0 Å². The Labute approximate surface area is 102 Å². The molecule has 0 spiro atoms. The van der Waals surface area contributed by atoms with Gasteiger partial charge in [0.1, 0.15) is 0 Å². The maximum Gasteiger partial charge on any atom is -0.00232 e. The number of hydrogen-bond acceptors (Lipinski definition) is 2. The molecule has 16 heavy (non-hydrogen) atoms. The first kappa shape index (κ1) is 15.9. The minimum atomic E-state index is 0.842. The van der Waals surface area contributed by atoms with Crippen LogP contribution in [0.2, 0.25) is 0 Å². The van der Waals surface area contributed by atoms with Crippen LogP contribution in [0.3, 0.4) is 0 Å². The largest absolute Gasteiger partial charge is 0.330 e. The monoisotopic (exact) mass is 228 g/mol. The summed E-state index contributed by atoms with van der Waals surface area (Å²) in [5.74, 6) is 0.842. The van der Waals surface area contributed by atoms with Gasteiger partial charge < -0.3 is 11.1 Å². The lowest BCUT2D eigenvalue weighted by atomic mass is 10.1. The van der Waals surface area contributed by atoms with Gasteiger partial charge in [0.15, 0.2) is 0 Å². The van der Waals surface area contributed by atoms with Crippen molar-refractivity contribution in [3.05, 3.63) is 0 Å². The Bertz CT molecular complexity index is 126. The van der Waals surface area contributed by atoms with Gasteiger partial charge in [-0.05, 0) is 44.8 Å². The molecule has 0 aliphatic carbocycles. The molecule has 0 fully saturated rings. The zero-order valence-electron chi connectivity index (χ0n) is 11.4. The van der Waals surface area contributed by atoms with Crippen LogP contribution in [-0.2, 0) is 0 Å². The molecule has 0 saturated heterocycles. The fourth-order valence-electron chi connectivity index (χ4n) is 2.04. The van der Waals surface area contributed by atoms with Gasteiger partial charge in [-0.3, -0.25) is 0 Å². The van der Waals surface area contributed by atoms with Crippen LogP contribution in [0.15, 0.2) is 0 Å². The van der Waals surface area contributed by atoms with Gasteiger partial charge in [-0.15, -0.1) is 0 Å². The Morgan fingerprint density at radius 2 is 1.62 bits per heavy atom. The summed E-state index contributed by atoms with van der Waals surface area (Å²) in [6.45, 7) is 7.85. The van der Waals surface area contributed by atoms with E-state index in [2.05, 4.69) is 19.2 Å². The van der Waals surface area contributed by atoms with Crippen molar-refractivity contribution < 1.29 is 0 Å². The van der Waals surface area contributed by atoms with Crippen LogP contribution in [0, 0.1) is 5.92 Å². The van der Waals surface area contributed by atoms with Gasteiger partial charge in [0.05, 0.1) is 0 Å². The average Bonchev–Trinajstić information content (AvgIpc) is 2.27. The topological polar surface area (TPSA) is 38.0 Å². The van der Waals surface area contributed by atoms with E-state index >= 15 is 0 Å². The number of rotatable bonds is 12. The lowest BCUT2D eigenvalue weighted by Gasteiger charge is -2.11. The van der Waals surface area contributed by atoms with Gasteiger partial charge in [0.2, 0.25) is 0 Å². The number of unbranched alkanes of at least 4 members (excludes halogenated alkanes) is 5. The predicted octanol–water partition coefficient (Wildman–Crippen LogP) is 3.31. The number of nitrogens with one attached hydrogen (secondary N) is 1. The summed E-state index contributed by atoms with van der Waals surface area (Å²) in [5.41, 5.74) is 5.45. The van der Waals surface area contributed by atoms with E-state index in [0.717, 1.165) is 12.5 Å². The summed E-state index contributed by atoms with van der Waals surface area (Å²) in [6, 6.07) is 0. The molecule has 1 atom stereocenters. The average molecular weight is 228 g/mol. The highest BCUT2D eigenvalue weighted by Gasteiger charge is 1.98. The van der Waals surface area contributed by atoms with Crippen molar-refractivity contribution in [3.8, 4) is 0 Å². The SMILES string of the molecule is CCCC(C)CNCCCCCCCCN. The second-order valence-corrected chi connectivity index (χ2v) is 5.01. The van der Waals surface area contributed by atoms with Crippen molar-refractivity contribution in [1.29, 1.82) is 0 Å². The highest BCUT2D eigenvalue weighted by molar-refractivity contribution is 4.56. The van der Waals surface area contributed by atoms with Crippen molar-refractivity contribution in [1.82, 2.24) is 5.32 Å². The summed E-state index contributed by atoms with van der Waals surface area (Å²) >= 11 is 0. The van der Waals surface area contributed by atoms with Crippen LogP contribution in [0.5, 0.6) is 0 Å². The van der Waals surface area contributed by atoms with Crippen LogP contribution in [0.4, 0.5) is 0 Å². The van der Waals surface area contributed by atoms with E-state index in [1.807, 2.05) is 0 Å². The maximum absolute atomic E-state index is 5.45. The molecular formula is C14H32N2. The van der Waals surface area contributed by atoms with Gasteiger partial charge >= 0.3 is 0 Å². The zero-order valence-corrected chi connectivity index (χ0v) is 11.4. The van der Waals surface area contributed by atoms with E-state index in [1.165, 1.54) is 64.5 Å². The maximum atomic E-state index is 5.45. The Balaban J connectivity index is 2.98. The summed E-state index contributed by atoms with van der Waals surface area (Å²) < 4.78 is 0. The molecule has 0 bridgehead atoms. The minimum Gasteiger partial charge on any atom is -0.330 e. The summed E-state index contributed by atoms with van der Waals surface area (Å²) in [7, 11) is 0. The first-order chi connectivity index (χ1) is 7.81. The third kappa shape index (κ3) is 12.0. The van der Waals surface area contributed by atoms with E-state index in [1.54, 1.807) is 0 Å². The predicted molar refractivity (Wildman–Crippen MR) is 73.7 cm³/mol. The van der Waals surface area contributed by atoms with Gasteiger partial charge in [-0.2, -0.15) is 0 Å². The van der Waals surface area contributed by atoms with Crippen LogP contribution < -0.4 is 11.1 Å². The molecule has 0 aromatic rings. The van der Waals surface area contributed by atoms with Gasteiger partial charge in [0.25, 0.3) is 0 Å². The van der Waals surface area contributed by atoms with Crippen molar-refractivity contribution in [2.75, 3.05) is 19.6 Å². The highest BCUT2D eigenvalue weighted by atomic mass is 14.8. The van der Waals surface area contributed by atoms with Crippen LogP contribution in [-0.4, -0.2) is 19.6 Å². The Kier molecular flexibility index (Phi) is 12.9. The van der Waals surface area contributed by atoms with E-state index in [0.29, 0.717) is 0 Å². The fourth-order valence-corrected chi connectivity index (χ4v) is 2.04. The van der Waals surface area contributed by atoms with E-state index in [-0.39, 0.29) is 0 Å². The zero-order chi connectivity index (χ0) is 12.1. The Morgan fingerprint density at radius 1 is 1.00 bits per heavy atom. The third-order valence-corrected chi connectivity index (χ3v) is 3.08. The summed E-state index contributed by atoms with van der Waals surface area (Å²) in [4.78, 5) is 0. The number of nitrogens with two attached hydrogens (primary N) is 1. The molecule has 0 heterocycles. The number of hydrogen-bond donors (Lipinski definition) is 2. The molecule has 0 aliphatic rings. The van der Waals surface area contributed by atoms with Gasteiger partial charge in [0, 0.05) is 0 Å². The summed E-state index contributed by atoms with van der Waals surface area (Å²) in [5, 5.41) is 3.55. The lowest BCUT2D eigenvalue weighted by Crippen LogP contribution is -2.22. The molecule has 2 nitrogen and oxygen atoms in total. The summed E-state index contributed by atoms with van der Waals surface area (Å²) in [6.07, 6.45) is 10.6. The Morgan fingerprint density at radius 3 is 2.25 bits per heavy atom. The first-order valence-electron chi connectivity index (χ1n) is 7.22. The smallest absolute Gasteiger partial charge is 0.00232 e. The van der Waals surface area contributed by atoms with E-state index < -0.39 is 0 Å². The molecule has 98 valence electrons. The Hall–Kier alpha value is -0.0800. The second kappa shape index (κ2) is 13.0. The van der Waals surface area contributed by atoms with Crippen molar-refractivity contribution in [2.45, 2.75) is 65.2 Å². The molecule has 0 saturated carbocycles. The molecule has 0 radical (unpaired) electrons. The minimum absolute atomic E-state index is 0.842. The van der Waals surface area contributed by atoms with Crippen LogP contribution >= 0.6 is 0 Å². The highest BCUT2D eigenvalue weighted by Crippen LogP contribution is 2.05. The molecule has 2 heteroatoms. The first-order valence-corrected chi connectivity index (χ1v) is 7.22. The molecular weight excluding hydrogens is 196 g/mol. The standard InChI is InChI=1S/C14H32N2/c1-3-10-14(2)13-16-12-9-7-5-4-6-8-11-15/h14,16H,3-13,15H2,1-2H3. The fraction of sp³-hybridized carbons (Fsp3) is 1.00. The molecule has 0 aromatic heterocycles. The second-order valence-electron chi connectivity index (χ2n) is 5.01. The van der Waals surface area contributed by atoms with Crippen LogP contribution in [0.25, 0.3) is 0 Å². The van der Waals surface area contributed by atoms with Crippen LogP contribution in [0.1, 0.15) is 65.2 Å². The molecule has 0 aromatic carbocycles.